The highest BCUT2D eigenvalue weighted by Gasteiger charge is 2.56. The molecule has 3 aliphatic carbocycles. The van der Waals surface area contributed by atoms with Crippen LogP contribution < -0.4 is 0 Å². The van der Waals surface area contributed by atoms with Gasteiger partial charge in [-0.15, -0.1) is 0 Å². The van der Waals surface area contributed by atoms with Gasteiger partial charge in [-0.1, -0.05) is 47.9 Å². The molecule has 0 radical (unpaired) electrons. The van der Waals surface area contributed by atoms with Crippen LogP contribution in [-0.2, 0) is 6.42 Å². The van der Waals surface area contributed by atoms with Gasteiger partial charge < -0.3 is 10.2 Å². The molecule has 2 saturated carbocycles. The van der Waals surface area contributed by atoms with Crippen LogP contribution in [0.2, 0.25) is 0 Å². The van der Waals surface area contributed by atoms with Gasteiger partial charge in [-0.25, -0.2) is 0 Å². The number of aliphatic hydroxyl groups excluding tert-OH is 1. The summed E-state index contributed by atoms with van der Waals surface area (Å²) in [5, 5.41) is 21.1. The maximum atomic E-state index is 10.9. The number of hydrogen-bond donors (Lipinski definition) is 2. The summed E-state index contributed by atoms with van der Waals surface area (Å²) in [4.78, 5) is 0. The number of rotatable bonds is 8. The summed E-state index contributed by atoms with van der Waals surface area (Å²) in [5.74, 6) is 2.83. The summed E-state index contributed by atoms with van der Waals surface area (Å²) >= 11 is 0. The van der Waals surface area contributed by atoms with Crippen molar-refractivity contribution in [1.82, 2.24) is 0 Å². The minimum atomic E-state index is -0.139. The molecule has 0 heterocycles. The van der Waals surface area contributed by atoms with Gasteiger partial charge >= 0.3 is 0 Å². The first-order chi connectivity index (χ1) is 16.7. The molecular formula is C33H48O2. The van der Waals surface area contributed by atoms with Gasteiger partial charge in [-0.3, -0.25) is 0 Å². The second-order valence-electron chi connectivity index (χ2n) is 12.5. The lowest BCUT2D eigenvalue weighted by atomic mass is 9.52. The molecular weight excluding hydrogens is 428 g/mol. The fourth-order valence-corrected chi connectivity index (χ4v) is 7.67. The summed E-state index contributed by atoms with van der Waals surface area (Å²) in [6, 6.07) is 6.10. The molecule has 2 nitrogen and oxygen atoms in total. The molecule has 4 rings (SSSR count). The van der Waals surface area contributed by atoms with Crippen LogP contribution in [0.5, 0.6) is 5.75 Å². The summed E-state index contributed by atoms with van der Waals surface area (Å²) in [5.41, 5.74) is 7.33. The highest BCUT2D eigenvalue weighted by atomic mass is 16.3. The Morgan fingerprint density at radius 2 is 1.69 bits per heavy atom. The lowest BCUT2D eigenvalue weighted by molar-refractivity contribution is -0.0378. The van der Waals surface area contributed by atoms with Crippen molar-refractivity contribution in [2.24, 2.45) is 23.2 Å². The Balaban J connectivity index is 1.45. The van der Waals surface area contributed by atoms with Crippen LogP contribution >= 0.6 is 0 Å². The molecule has 0 aliphatic heterocycles. The highest BCUT2D eigenvalue weighted by Crippen LogP contribution is 2.62. The average Bonchev–Trinajstić information content (AvgIpc) is 3.11. The minimum Gasteiger partial charge on any atom is -0.508 e. The second kappa shape index (κ2) is 11.1. The van der Waals surface area contributed by atoms with Crippen molar-refractivity contribution in [3.05, 3.63) is 64.3 Å². The average molecular weight is 477 g/mol. The van der Waals surface area contributed by atoms with Crippen molar-refractivity contribution in [1.29, 1.82) is 0 Å². The number of hydrogen-bond acceptors (Lipinski definition) is 2. The van der Waals surface area contributed by atoms with E-state index in [2.05, 4.69) is 58.9 Å². The Bertz CT molecular complexity index is 979. The zero-order valence-corrected chi connectivity index (χ0v) is 22.8. The Kier molecular flexibility index (Phi) is 8.31. The fourth-order valence-electron chi connectivity index (χ4n) is 7.67. The predicted molar refractivity (Wildman–Crippen MR) is 148 cm³/mol. The fraction of sp³-hybridized carbons (Fsp3) is 0.636. The summed E-state index contributed by atoms with van der Waals surface area (Å²) in [7, 11) is 0. The van der Waals surface area contributed by atoms with E-state index in [1.54, 1.807) is 0 Å². The number of aromatic hydroxyl groups is 1. The second-order valence-corrected chi connectivity index (χ2v) is 12.5. The molecule has 0 amide bonds. The zero-order valence-electron chi connectivity index (χ0n) is 22.8. The van der Waals surface area contributed by atoms with Gasteiger partial charge in [0, 0.05) is 0 Å². The van der Waals surface area contributed by atoms with Gasteiger partial charge in [0.2, 0.25) is 0 Å². The van der Waals surface area contributed by atoms with Crippen molar-refractivity contribution in [2.45, 2.75) is 111 Å². The van der Waals surface area contributed by atoms with E-state index >= 15 is 0 Å². The van der Waals surface area contributed by atoms with Crippen molar-refractivity contribution in [2.75, 3.05) is 0 Å². The van der Waals surface area contributed by atoms with Crippen LogP contribution in [0.25, 0.3) is 0 Å². The number of fused-ring (bicyclic) bond motifs is 5. The predicted octanol–water partition coefficient (Wildman–Crippen LogP) is 8.64. The smallest absolute Gasteiger partial charge is 0.115 e. The maximum absolute atomic E-state index is 10.9. The Labute approximate surface area is 214 Å². The molecule has 0 aromatic heterocycles. The lowest BCUT2D eigenvalue weighted by Gasteiger charge is -2.53. The van der Waals surface area contributed by atoms with Crippen LogP contribution in [0.3, 0.4) is 0 Å². The van der Waals surface area contributed by atoms with E-state index < -0.39 is 0 Å². The van der Waals surface area contributed by atoms with E-state index in [1.807, 2.05) is 12.1 Å². The summed E-state index contributed by atoms with van der Waals surface area (Å²) < 4.78 is 0. The molecule has 1 aromatic carbocycles. The number of phenolic OH excluding ortho intramolecular Hbond substituents is 1. The lowest BCUT2D eigenvalue weighted by Crippen LogP contribution is -2.47. The third-order valence-electron chi connectivity index (χ3n) is 9.73. The molecule has 2 N–H and O–H groups in total. The van der Waals surface area contributed by atoms with Crippen LogP contribution in [0.1, 0.15) is 109 Å². The molecule has 0 spiro atoms. The largest absolute Gasteiger partial charge is 0.508 e. The standard InChI is InChI=1S/C33H48O2/c1-22(2)8-6-9-23(3)10-7-11-24(4)12-13-25-20-26-21-27(34)14-15-28(26)29-18-19-33(5)30(32(25)29)16-17-31(33)35/h8,10,12,14-15,21,25,29-32,34-35H,6-7,9,11,13,16-20H2,1-5H3/t25?,29?,30?,31-,32?,33-/m0/s1. The Morgan fingerprint density at radius 1 is 0.971 bits per heavy atom. The first-order valence-electron chi connectivity index (χ1n) is 14.1. The minimum absolute atomic E-state index is 0.0838. The van der Waals surface area contributed by atoms with Crippen LogP contribution in [0.15, 0.2) is 53.1 Å². The monoisotopic (exact) mass is 476 g/mol. The molecule has 35 heavy (non-hydrogen) atoms. The van der Waals surface area contributed by atoms with Crippen molar-refractivity contribution < 1.29 is 10.2 Å². The van der Waals surface area contributed by atoms with Crippen LogP contribution in [-0.4, -0.2) is 16.3 Å². The quantitative estimate of drug-likeness (QED) is 0.369. The maximum Gasteiger partial charge on any atom is 0.115 e. The number of phenols is 1. The number of aliphatic hydroxyl groups is 1. The molecule has 1 aromatic rings. The number of allylic oxidation sites excluding steroid dienone is 6. The summed E-state index contributed by atoms with van der Waals surface area (Å²) in [6.45, 7) is 11.3. The van der Waals surface area contributed by atoms with Gasteiger partial charge in [0.1, 0.15) is 5.75 Å². The van der Waals surface area contributed by atoms with E-state index in [9.17, 15) is 10.2 Å². The van der Waals surface area contributed by atoms with Crippen LogP contribution in [0, 0.1) is 23.2 Å². The van der Waals surface area contributed by atoms with Crippen molar-refractivity contribution >= 4 is 0 Å². The first kappa shape index (κ1) is 26.3. The van der Waals surface area contributed by atoms with E-state index in [0.717, 1.165) is 51.4 Å². The van der Waals surface area contributed by atoms with E-state index in [4.69, 9.17) is 0 Å². The molecule has 0 bridgehead atoms. The third kappa shape index (κ3) is 5.79. The van der Waals surface area contributed by atoms with Gasteiger partial charge in [-0.05, 0) is 144 Å². The first-order valence-corrected chi connectivity index (χ1v) is 14.1. The molecule has 6 atom stereocenters. The van der Waals surface area contributed by atoms with Crippen molar-refractivity contribution in [3.8, 4) is 5.75 Å². The highest BCUT2D eigenvalue weighted by molar-refractivity contribution is 5.41. The van der Waals surface area contributed by atoms with Gasteiger partial charge in [0.15, 0.2) is 0 Å². The molecule has 2 heteroatoms. The Morgan fingerprint density at radius 3 is 2.43 bits per heavy atom. The van der Waals surface area contributed by atoms with E-state index in [-0.39, 0.29) is 11.5 Å². The SMILES string of the molecule is CC(C)=CCCC(C)=CCCC(C)=CCC1Cc2cc(O)ccc2C2CC[C@@]3(C)C(CC[C@@H]3O)C12. The van der Waals surface area contributed by atoms with Gasteiger partial charge in [-0.2, -0.15) is 0 Å². The molecule has 0 saturated heterocycles. The third-order valence-corrected chi connectivity index (χ3v) is 9.73. The molecule has 2 fully saturated rings. The molecule has 4 unspecified atom stereocenters. The molecule has 192 valence electrons. The topological polar surface area (TPSA) is 40.5 Å². The van der Waals surface area contributed by atoms with E-state index in [0.29, 0.717) is 29.4 Å². The van der Waals surface area contributed by atoms with Crippen molar-refractivity contribution in [3.63, 3.8) is 0 Å². The van der Waals surface area contributed by atoms with Crippen LogP contribution in [0.4, 0.5) is 0 Å². The number of benzene rings is 1. The summed E-state index contributed by atoms with van der Waals surface area (Å²) in [6.07, 6.45) is 18.3. The Hall–Kier alpha value is -1.80. The van der Waals surface area contributed by atoms with Gasteiger partial charge in [0.05, 0.1) is 6.10 Å². The van der Waals surface area contributed by atoms with Gasteiger partial charge in [0.25, 0.3) is 0 Å². The van der Waals surface area contributed by atoms with E-state index in [1.165, 1.54) is 40.7 Å². The normalized spacial score (nSPS) is 32.6. The molecule has 3 aliphatic rings. The zero-order chi connectivity index (χ0) is 25.2.